The molecule has 0 radical (unpaired) electrons. The summed E-state index contributed by atoms with van der Waals surface area (Å²) >= 11 is 0. The summed E-state index contributed by atoms with van der Waals surface area (Å²) in [6.07, 6.45) is 71.3. The van der Waals surface area contributed by atoms with Crippen LogP contribution in [0.3, 0.4) is 0 Å². The van der Waals surface area contributed by atoms with E-state index < -0.39 is 6.10 Å². The van der Waals surface area contributed by atoms with Crippen LogP contribution in [-0.2, 0) is 28.6 Å². The molecule has 0 aliphatic carbocycles. The van der Waals surface area contributed by atoms with Gasteiger partial charge in [0, 0.05) is 19.3 Å². The second kappa shape index (κ2) is 56.7. The Hall–Kier alpha value is -2.89. The Morgan fingerprint density at radius 1 is 0.309 bits per heavy atom. The highest BCUT2D eigenvalue weighted by molar-refractivity contribution is 5.71. The van der Waals surface area contributed by atoms with Gasteiger partial charge >= 0.3 is 17.9 Å². The lowest BCUT2D eigenvalue weighted by Gasteiger charge is -2.18. The van der Waals surface area contributed by atoms with E-state index in [1.807, 2.05) is 0 Å². The van der Waals surface area contributed by atoms with Gasteiger partial charge in [-0.2, -0.15) is 0 Å². The van der Waals surface area contributed by atoms with Crippen molar-refractivity contribution in [2.75, 3.05) is 13.2 Å². The summed E-state index contributed by atoms with van der Waals surface area (Å²) in [5, 5.41) is 0. The Bertz CT molecular complexity index is 1230. The topological polar surface area (TPSA) is 78.9 Å². The quantitative estimate of drug-likeness (QED) is 0.0262. The molecule has 0 aromatic rings. The molecule has 1 atom stereocenters. The Labute approximate surface area is 421 Å². The summed E-state index contributed by atoms with van der Waals surface area (Å²) in [7, 11) is 0. The van der Waals surface area contributed by atoms with Crippen molar-refractivity contribution >= 4 is 17.9 Å². The van der Waals surface area contributed by atoms with Crippen molar-refractivity contribution in [3.63, 3.8) is 0 Å². The average molecular weight is 952 g/mol. The molecule has 0 spiro atoms. The van der Waals surface area contributed by atoms with Crippen LogP contribution < -0.4 is 0 Å². The number of carbonyl (C=O) groups excluding carboxylic acids is 3. The lowest BCUT2D eigenvalue weighted by Crippen LogP contribution is -2.30. The molecule has 0 aliphatic rings. The maximum Gasteiger partial charge on any atom is 0.306 e. The zero-order chi connectivity index (χ0) is 49.3. The van der Waals surface area contributed by atoms with Crippen LogP contribution in [0.15, 0.2) is 60.8 Å². The monoisotopic (exact) mass is 951 g/mol. The fourth-order valence-electron chi connectivity index (χ4n) is 8.37. The first kappa shape index (κ1) is 65.1. The summed E-state index contributed by atoms with van der Waals surface area (Å²) in [6, 6.07) is 0. The minimum atomic E-state index is -0.791. The smallest absolute Gasteiger partial charge is 0.306 e. The van der Waals surface area contributed by atoms with E-state index in [9.17, 15) is 14.4 Å². The normalized spacial score (nSPS) is 12.5. The van der Waals surface area contributed by atoms with Gasteiger partial charge < -0.3 is 14.2 Å². The molecule has 394 valence electrons. The first-order valence-electron chi connectivity index (χ1n) is 29.3. The number of ether oxygens (including phenoxy) is 3. The Kier molecular flexibility index (Phi) is 54.3. The van der Waals surface area contributed by atoms with E-state index in [0.717, 1.165) is 77.0 Å². The molecule has 0 fully saturated rings. The van der Waals surface area contributed by atoms with Gasteiger partial charge in [0.15, 0.2) is 6.10 Å². The van der Waals surface area contributed by atoms with Gasteiger partial charge in [-0.15, -0.1) is 0 Å². The maximum absolute atomic E-state index is 12.7. The number of rotatable bonds is 53. The predicted molar refractivity (Wildman–Crippen MR) is 293 cm³/mol. The van der Waals surface area contributed by atoms with Crippen molar-refractivity contribution in [3.05, 3.63) is 60.8 Å². The molecule has 0 heterocycles. The number of hydrogen-bond acceptors (Lipinski definition) is 6. The van der Waals surface area contributed by atoms with Crippen LogP contribution in [0.4, 0.5) is 0 Å². The van der Waals surface area contributed by atoms with Crippen molar-refractivity contribution < 1.29 is 28.6 Å². The van der Waals surface area contributed by atoms with Gasteiger partial charge in [-0.05, 0) is 83.5 Å². The minimum Gasteiger partial charge on any atom is -0.462 e. The van der Waals surface area contributed by atoms with Crippen molar-refractivity contribution in [1.82, 2.24) is 0 Å². The fourth-order valence-corrected chi connectivity index (χ4v) is 8.37. The zero-order valence-corrected chi connectivity index (χ0v) is 45.1. The van der Waals surface area contributed by atoms with Crippen molar-refractivity contribution in [2.45, 2.75) is 303 Å². The molecule has 0 saturated carbocycles. The van der Waals surface area contributed by atoms with Crippen molar-refractivity contribution in [2.24, 2.45) is 0 Å². The highest BCUT2D eigenvalue weighted by atomic mass is 16.6. The van der Waals surface area contributed by atoms with Gasteiger partial charge in [0.05, 0.1) is 0 Å². The Morgan fingerprint density at radius 3 is 0.941 bits per heavy atom. The summed E-state index contributed by atoms with van der Waals surface area (Å²) in [6.45, 7) is 6.45. The highest BCUT2D eigenvalue weighted by Crippen LogP contribution is 2.16. The number of allylic oxidation sites excluding steroid dienone is 10. The summed E-state index contributed by atoms with van der Waals surface area (Å²) in [5.74, 6) is -0.932. The molecular weight excluding hydrogens is 841 g/mol. The van der Waals surface area contributed by atoms with Crippen LogP contribution >= 0.6 is 0 Å². The van der Waals surface area contributed by atoms with Gasteiger partial charge in [0.1, 0.15) is 13.2 Å². The summed E-state index contributed by atoms with van der Waals surface area (Å²) in [5.41, 5.74) is 0. The molecule has 0 aromatic heterocycles. The van der Waals surface area contributed by atoms with E-state index in [-0.39, 0.29) is 37.5 Å². The van der Waals surface area contributed by atoms with E-state index in [2.05, 4.69) is 81.5 Å². The lowest BCUT2D eigenvalue weighted by atomic mass is 10.0. The third kappa shape index (κ3) is 54.1. The third-order valence-electron chi connectivity index (χ3n) is 12.8. The summed E-state index contributed by atoms with van der Waals surface area (Å²) in [4.78, 5) is 37.8. The molecule has 0 bridgehead atoms. The largest absolute Gasteiger partial charge is 0.462 e. The molecule has 1 unspecified atom stereocenters. The van der Waals surface area contributed by atoms with E-state index in [0.29, 0.717) is 19.3 Å². The predicted octanol–water partition coefficient (Wildman–Crippen LogP) is 19.6. The van der Waals surface area contributed by atoms with Crippen LogP contribution in [0.25, 0.3) is 0 Å². The minimum absolute atomic E-state index is 0.0887. The van der Waals surface area contributed by atoms with Gasteiger partial charge in [-0.3, -0.25) is 14.4 Å². The first-order chi connectivity index (χ1) is 33.5. The van der Waals surface area contributed by atoms with Crippen LogP contribution in [0.2, 0.25) is 0 Å². The zero-order valence-electron chi connectivity index (χ0n) is 45.1. The molecule has 0 rings (SSSR count). The number of unbranched alkanes of at least 4 members (excludes halogenated alkanes) is 32. The van der Waals surface area contributed by atoms with E-state index in [1.165, 1.54) is 173 Å². The highest BCUT2D eigenvalue weighted by Gasteiger charge is 2.19. The third-order valence-corrected chi connectivity index (χ3v) is 12.8. The summed E-state index contributed by atoms with van der Waals surface area (Å²) < 4.78 is 16.7. The Morgan fingerprint density at radius 2 is 0.574 bits per heavy atom. The lowest BCUT2D eigenvalue weighted by molar-refractivity contribution is -0.167. The van der Waals surface area contributed by atoms with Crippen LogP contribution in [0.1, 0.15) is 297 Å². The van der Waals surface area contributed by atoms with Gasteiger partial charge in [0.25, 0.3) is 0 Å². The van der Waals surface area contributed by atoms with Gasteiger partial charge in [-0.1, -0.05) is 255 Å². The van der Waals surface area contributed by atoms with Crippen LogP contribution in [0.5, 0.6) is 0 Å². The SMILES string of the molecule is CC/C=C\C/C=C\C/C=C\C/C=C\CCCCC(=O)OC(COC(=O)CCCCCCCC)COC(=O)CCCCCCCCCCCCCCCCCCC/C=C\CCCCCCCCCC. The standard InChI is InChI=1S/C62H110O6/c1-4-7-10-13-16-18-20-22-24-25-26-27-28-29-30-31-32-33-34-35-36-37-39-40-42-44-46-49-52-55-61(64)67-58-59(57-66-60(63)54-51-48-15-12-9-6-3)68-62(65)56-53-50-47-45-43-41-38-23-21-19-17-14-11-8-5-2/h8,11,17,19,23,25-26,38,43,45,59H,4-7,9-10,12-16,18,20-22,24,27-37,39-42,44,46-58H2,1-3H3/b11-8-,19-17-,26-25-,38-23-,45-43-. The molecule has 0 amide bonds. The molecule has 0 aromatic carbocycles. The van der Waals surface area contributed by atoms with Gasteiger partial charge in [-0.25, -0.2) is 0 Å². The Balaban J connectivity index is 4.04. The number of hydrogen-bond donors (Lipinski definition) is 0. The van der Waals surface area contributed by atoms with E-state index in [1.54, 1.807) is 0 Å². The number of carbonyl (C=O) groups is 3. The first-order valence-corrected chi connectivity index (χ1v) is 29.3. The van der Waals surface area contributed by atoms with Crippen molar-refractivity contribution in [1.29, 1.82) is 0 Å². The van der Waals surface area contributed by atoms with E-state index >= 15 is 0 Å². The molecule has 0 saturated heterocycles. The maximum atomic E-state index is 12.7. The van der Waals surface area contributed by atoms with E-state index in [4.69, 9.17) is 14.2 Å². The van der Waals surface area contributed by atoms with Crippen molar-refractivity contribution in [3.8, 4) is 0 Å². The second-order valence-electron chi connectivity index (χ2n) is 19.5. The van der Waals surface area contributed by atoms with Gasteiger partial charge in [0.2, 0.25) is 0 Å². The molecule has 6 heteroatoms. The molecule has 0 aliphatic heterocycles. The second-order valence-corrected chi connectivity index (χ2v) is 19.5. The number of esters is 3. The molecular formula is C62H110O6. The molecule has 0 N–H and O–H groups in total. The van der Waals surface area contributed by atoms with Crippen LogP contribution in [0, 0.1) is 0 Å². The molecule has 68 heavy (non-hydrogen) atoms. The van der Waals surface area contributed by atoms with Crippen LogP contribution in [-0.4, -0.2) is 37.2 Å². The fraction of sp³-hybridized carbons (Fsp3) is 0.790. The molecule has 6 nitrogen and oxygen atoms in total. The average Bonchev–Trinajstić information content (AvgIpc) is 3.34.